The van der Waals surface area contributed by atoms with Gasteiger partial charge in [-0.25, -0.2) is 0 Å². The monoisotopic (exact) mass is 496 g/mol. The topological polar surface area (TPSA) is 170 Å². The number of hydrogen-bond acceptors (Lipinski definition) is 13. The SMILES string of the molecule is CN(C)c1ccc(C(=NNc2ccc(N([O-])[O-])cc2)c2ccc(N(C)C)c(N(O)O)c2)cc1N([O-])O. The van der Waals surface area contributed by atoms with Crippen LogP contribution in [0.3, 0.4) is 0 Å². The molecular weight excluding hydrogens is 470 g/mol. The third kappa shape index (κ3) is 5.92. The van der Waals surface area contributed by atoms with Crippen molar-refractivity contribution >= 4 is 39.8 Å². The van der Waals surface area contributed by atoms with Gasteiger partial charge in [0.25, 0.3) is 0 Å². The van der Waals surface area contributed by atoms with Crippen molar-refractivity contribution in [1.82, 2.24) is 0 Å². The fourth-order valence-corrected chi connectivity index (χ4v) is 3.49. The van der Waals surface area contributed by atoms with Crippen molar-refractivity contribution in [3.63, 3.8) is 0 Å². The van der Waals surface area contributed by atoms with Gasteiger partial charge in [-0.2, -0.15) is 5.10 Å². The van der Waals surface area contributed by atoms with Gasteiger partial charge in [0.15, 0.2) is 0 Å². The minimum Gasteiger partial charge on any atom is -0.769 e. The molecule has 4 N–H and O–H groups in total. The van der Waals surface area contributed by atoms with Crippen LogP contribution in [-0.4, -0.2) is 49.5 Å². The van der Waals surface area contributed by atoms with Crippen molar-refractivity contribution < 1.29 is 15.6 Å². The first kappa shape index (κ1) is 26.5. The van der Waals surface area contributed by atoms with Gasteiger partial charge in [-0.1, -0.05) is 12.1 Å². The summed E-state index contributed by atoms with van der Waals surface area (Å²) in [5, 5.41) is 66.7. The summed E-state index contributed by atoms with van der Waals surface area (Å²) in [6.07, 6.45) is 0. The summed E-state index contributed by atoms with van der Waals surface area (Å²) in [5.41, 5.74) is 5.36. The number of rotatable bonds is 9. The number of nitrogens with one attached hydrogen (secondary N) is 1. The van der Waals surface area contributed by atoms with E-state index in [0.717, 1.165) is 0 Å². The Bertz CT molecular complexity index is 1150. The molecule has 3 rings (SSSR count). The average Bonchev–Trinajstić information content (AvgIpc) is 2.83. The van der Waals surface area contributed by atoms with Crippen molar-refractivity contribution in [2.24, 2.45) is 5.10 Å². The zero-order chi connectivity index (χ0) is 26.6. The van der Waals surface area contributed by atoms with Gasteiger partial charge in [-0.3, -0.25) is 21.0 Å². The number of benzene rings is 3. The lowest BCUT2D eigenvalue weighted by molar-refractivity contribution is 0.0294. The minimum absolute atomic E-state index is 0.00607. The fraction of sp³-hybridized carbons (Fsp3) is 0.174. The van der Waals surface area contributed by atoms with Crippen molar-refractivity contribution in [1.29, 1.82) is 0 Å². The molecular formula is C23H26N7O6-3. The van der Waals surface area contributed by atoms with E-state index in [1.807, 2.05) is 0 Å². The third-order valence-corrected chi connectivity index (χ3v) is 5.26. The van der Waals surface area contributed by atoms with E-state index in [0.29, 0.717) is 28.2 Å². The summed E-state index contributed by atoms with van der Waals surface area (Å²) in [4.78, 5) is 3.35. The number of hydrazone groups is 1. The Morgan fingerprint density at radius 2 is 1.19 bits per heavy atom. The van der Waals surface area contributed by atoms with Crippen LogP contribution in [0.4, 0.5) is 34.1 Å². The highest BCUT2D eigenvalue weighted by Crippen LogP contribution is 2.32. The Hall–Kier alpha value is -4.11. The molecule has 0 bridgehead atoms. The van der Waals surface area contributed by atoms with Crippen LogP contribution in [0.25, 0.3) is 0 Å². The van der Waals surface area contributed by atoms with Crippen LogP contribution in [0, 0.1) is 15.6 Å². The summed E-state index contributed by atoms with van der Waals surface area (Å²) < 4.78 is 0. The van der Waals surface area contributed by atoms with Crippen LogP contribution in [0.5, 0.6) is 0 Å². The first-order valence-corrected chi connectivity index (χ1v) is 10.5. The zero-order valence-electron chi connectivity index (χ0n) is 20.0. The second-order valence-corrected chi connectivity index (χ2v) is 8.13. The first-order valence-electron chi connectivity index (χ1n) is 10.5. The smallest absolute Gasteiger partial charge is 0.118 e. The summed E-state index contributed by atoms with van der Waals surface area (Å²) in [5.74, 6) is 0. The molecule has 3 aromatic carbocycles. The Labute approximate surface area is 207 Å². The molecule has 0 aliphatic carbocycles. The highest BCUT2D eigenvalue weighted by atomic mass is 16.8. The molecule has 0 aliphatic rings. The van der Waals surface area contributed by atoms with E-state index in [9.17, 15) is 31.2 Å². The second-order valence-electron chi connectivity index (χ2n) is 8.13. The van der Waals surface area contributed by atoms with Gasteiger partial charge in [0.2, 0.25) is 0 Å². The molecule has 13 heteroatoms. The molecule has 0 aromatic heterocycles. The summed E-state index contributed by atoms with van der Waals surface area (Å²) in [6, 6.07) is 15.2. The van der Waals surface area contributed by atoms with Crippen molar-refractivity contribution in [2.45, 2.75) is 0 Å². The molecule has 0 unspecified atom stereocenters. The Kier molecular flexibility index (Phi) is 8.16. The standard InChI is InChI=1S/C23H26N7O6/c1-26(2)19-11-5-15(13-21(19)29(33)34)23(25-24-17-7-9-18(10-8-17)28(31)32)16-6-12-20(27(3)4)22(14-16)30(35)36/h5-14,24,33-35H,1-4H3/q-3. The van der Waals surface area contributed by atoms with Gasteiger partial charge < -0.3 is 35.9 Å². The van der Waals surface area contributed by atoms with Crippen LogP contribution >= 0.6 is 0 Å². The highest BCUT2D eigenvalue weighted by molar-refractivity contribution is 6.14. The summed E-state index contributed by atoms with van der Waals surface area (Å²) >= 11 is 0. The second kappa shape index (κ2) is 11.1. The molecule has 3 aromatic rings. The van der Waals surface area contributed by atoms with Crippen molar-refractivity contribution in [3.05, 3.63) is 87.4 Å². The molecule has 0 radical (unpaired) electrons. The van der Waals surface area contributed by atoms with Gasteiger partial charge in [-0.05, 0) is 48.5 Å². The van der Waals surface area contributed by atoms with E-state index in [1.54, 1.807) is 62.3 Å². The van der Waals surface area contributed by atoms with E-state index in [-0.39, 0.29) is 33.2 Å². The van der Waals surface area contributed by atoms with E-state index >= 15 is 0 Å². The van der Waals surface area contributed by atoms with E-state index in [4.69, 9.17) is 0 Å². The summed E-state index contributed by atoms with van der Waals surface area (Å²) in [6.45, 7) is 0. The first-order chi connectivity index (χ1) is 17.0. The molecule has 0 heterocycles. The van der Waals surface area contributed by atoms with Crippen molar-refractivity contribution in [3.8, 4) is 0 Å². The predicted molar refractivity (Wildman–Crippen MR) is 140 cm³/mol. The quantitative estimate of drug-likeness (QED) is 0.250. The van der Waals surface area contributed by atoms with Crippen molar-refractivity contribution in [2.75, 3.05) is 59.1 Å². The maximum Gasteiger partial charge on any atom is 0.118 e. The molecule has 13 nitrogen and oxygen atoms in total. The lowest BCUT2D eigenvalue weighted by Crippen LogP contribution is -2.19. The van der Waals surface area contributed by atoms with E-state index in [2.05, 4.69) is 10.5 Å². The molecule has 0 atom stereocenters. The van der Waals surface area contributed by atoms with E-state index < -0.39 is 5.23 Å². The lowest BCUT2D eigenvalue weighted by atomic mass is 10.00. The number of nitrogens with zero attached hydrogens (tertiary/aromatic N) is 6. The van der Waals surface area contributed by atoms with Crippen LogP contribution < -0.4 is 30.9 Å². The molecule has 0 fully saturated rings. The molecule has 0 aliphatic heterocycles. The van der Waals surface area contributed by atoms with Crippen LogP contribution in [0.15, 0.2) is 65.8 Å². The predicted octanol–water partition coefficient (Wildman–Crippen LogP) is 3.76. The van der Waals surface area contributed by atoms with Gasteiger partial charge in [-0.15, -0.1) is 5.23 Å². The number of hydrogen-bond donors (Lipinski definition) is 4. The number of anilines is 6. The minimum atomic E-state index is -0.515. The molecule has 192 valence electrons. The maximum absolute atomic E-state index is 11.9. The fourth-order valence-electron chi connectivity index (χ4n) is 3.49. The molecule has 0 saturated carbocycles. The van der Waals surface area contributed by atoms with Gasteiger partial charge in [0, 0.05) is 45.0 Å². The molecule has 0 amide bonds. The van der Waals surface area contributed by atoms with Crippen LogP contribution in [0.1, 0.15) is 11.1 Å². The third-order valence-electron chi connectivity index (χ3n) is 5.26. The normalized spacial score (nSPS) is 11.2. The van der Waals surface area contributed by atoms with Gasteiger partial charge in [0.05, 0.1) is 28.5 Å². The van der Waals surface area contributed by atoms with Crippen LogP contribution in [0.2, 0.25) is 0 Å². The van der Waals surface area contributed by atoms with Crippen LogP contribution in [-0.2, 0) is 0 Å². The molecule has 0 saturated heterocycles. The molecule has 36 heavy (non-hydrogen) atoms. The Morgan fingerprint density at radius 3 is 1.64 bits per heavy atom. The average molecular weight is 497 g/mol. The zero-order valence-corrected chi connectivity index (χ0v) is 20.0. The van der Waals surface area contributed by atoms with Gasteiger partial charge >= 0.3 is 0 Å². The largest absolute Gasteiger partial charge is 0.769 e. The molecule has 0 spiro atoms. The highest BCUT2D eigenvalue weighted by Gasteiger charge is 2.17. The Balaban J connectivity index is 2.15. The van der Waals surface area contributed by atoms with E-state index in [1.165, 1.54) is 36.4 Å². The summed E-state index contributed by atoms with van der Waals surface area (Å²) in [7, 11) is 6.92. The van der Waals surface area contributed by atoms with Gasteiger partial charge in [0.1, 0.15) is 5.69 Å². The maximum atomic E-state index is 11.9. The Morgan fingerprint density at radius 1 is 0.694 bits per heavy atom. The lowest BCUT2D eigenvalue weighted by Gasteiger charge is -2.37.